The Kier molecular flexibility index (Phi) is 6.16. The molecule has 1 atom stereocenters. The van der Waals surface area contributed by atoms with Gasteiger partial charge in [0.15, 0.2) is 0 Å². The number of carbonyl (C=O) groups is 2. The van der Waals surface area contributed by atoms with E-state index in [1.54, 1.807) is 24.3 Å². The van der Waals surface area contributed by atoms with Crippen molar-refractivity contribution < 1.29 is 23.8 Å². The van der Waals surface area contributed by atoms with Gasteiger partial charge in [-0.2, -0.15) is 0 Å². The molecule has 0 unspecified atom stereocenters. The van der Waals surface area contributed by atoms with Crippen LogP contribution in [0.4, 0.5) is 14.9 Å². The number of rotatable bonds is 5. The summed E-state index contributed by atoms with van der Waals surface area (Å²) in [5.74, 6) is -0.182. The number of hydrogen-bond acceptors (Lipinski definition) is 3. The average Bonchev–Trinajstić information content (AvgIpc) is 2.66. The molecule has 0 fully saturated rings. The molecule has 8 heteroatoms. The zero-order chi connectivity index (χ0) is 22.1. The molecule has 1 aliphatic heterocycles. The van der Waals surface area contributed by atoms with Crippen LogP contribution in [-0.2, 0) is 11.2 Å². The number of ether oxygens (including phenoxy) is 1. The highest BCUT2D eigenvalue weighted by atomic mass is 28.3. The van der Waals surface area contributed by atoms with Crippen molar-refractivity contribution in [2.45, 2.75) is 39.0 Å². The summed E-state index contributed by atoms with van der Waals surface area (Å²) in [4.78, 5) is 26.0. The van der Waals surface area contributed by atoms with E-state index in [9.17, 15) is 19.1 Å². The Morgan fingerprint density at radius 2 is 1.97 bits per heavy atom. The first kappa shape index (κ1) is 21.8. The van der Waals surface area contributed by atoms with E-state index >= 15 is 0 Å². The second-order valence-corrected chi connectivity index (χ2v) is 13.4. The number of nitrogens with zero attached hydrogens (tertiary/aromatic N) is 1. The molecular weight excluding hydrogens is 403 g/mol. The molecule has 2 aromatic carbocycles. The Morgan fingerprint density at radius 1 is 1.23 bits per heavy atom. The van der Waals surface area contributed by atoms with E-state index < -0.39 is 26.1 Å². The number of halogens is 1. The molecule has 3 rings (SSSR count). The normalized spacial score (nSPS) is 16.0. The van der Waals surface area contributed by atoms with Crippen molar-refractivity contribution in [1.29, 1.82) is 0 Å². The molecule has 0 radical (unpaired) electrons. The second kappa shape index (κ2) is 8.47. The van der Waals surface area contributed by atoms with E-state index in [1.165, 1.54) is 6.07 Å². The Hall–Kier alpha value is -2.87. The van der Waals surface area contributed by atoms with Gasteiger partial charge in [-0.1, -0.05) is 31.8 Å². The van der Waals surface area contributed by atoms with Crippen LogP contribution in [-0.4, -0.2) is 43.2 Å². The summed E-state index contributed by atoms with van der Waals surface area (Å²) >= 11 is 0. The summed E-state index contributed by atoms with van der Waals surface area (Å²) in [6.07, 6.45) is -0.679. The number of carbonyl (C=O) groups excluding carboxylic acids is 1. The molecule has 0 saturated heterocycles. The first-order chi connectivity index (χ1) is 14.1. The average molecular weight is 431 g/mol. The highest BCUT2D eigenvalue weighted by Crippen LogP contribution is 2.33. The molecule has 2 aromatic rings. The lowest BCUT2D eigenvalue weighted by Crippen LogP contribution is -2.45. The molecule has 160 valence electrons. The van der Waals surface area contributed by atoms with Crippen molar-refractivity contribution in [3.05, 3.63) is 53.3 Å². The van der Waals surface area contributed by atoms with Crippen LogP contribution < -0.4 is 15.2 Å². The van der Waals surface area contributed by atoms with E-state index in [2.05, 4.69) is 5.32 Å². The maximum absolute atomic E-state index is 14.6. The molecule has 0 saturated carbocycles. The van der Waals surface area contributed by atoms with E-state index in [-0.39, 0.29) is 12.4 Å². The summed E-state index contributed by atoms with van der Waals surface area (Å²) in [7, 11) is -1.84. The molecule has 2 amide bonds. The van der Waals surface area contributed by atoms with Crippen LogP contribution in [0, 0.1) is 5.82 Å². The molecule has 1 aliphatic rings. The lowest BCUT2D eigenvalue weighted by Gasteiger charge is -2.34. The largest absolute Gasteiger partial charge is 0.494 e. The van der Waals surface area contributed by atoms with E-state index in [0.29, 0.717) is 35.2 Å². The minimum absolute atomic E-state index is 0.193. The molecule has 0 bridgehead atoms. The number of anilines is 1. The van der Waals surface area contributed by atoms with E-state index in [4.69, 9.17) is 4.74 Å². The Labute approximate surface area is 176 Å². The lowest BCUT2D eigenvalue weighted by molar-refractivity contribution is -0.121. The number of carboxylic acid groups (broad SMARTS) is 1. The summed E-state index contributed by atoms with van der Waals surface area (Å²) < 4.78 is 20.1. The van der Waals surface area contributed by atoms with Gasteiger partial charge in [0.2, 0.25) is 0 Å². The minimum atomic E-state index is -1.84. The van der Waals surface area contributed by atoms with Gasteiger partial charge in [0.1, 0.15) is 17.6 Å². The molecule has 0 aromatic heterocycles. The minimum Gasteiger partial charge on any atom is -0.494 e. The molecular formula is C22H27FN2O4Si. The first-order valence-corrected chi connectivity index (χ1v) is 13.5. The summed E-state index contributed by atoms with van der Waals surface area (Å²) in [6.45, 7) is 8.73. The standard InChI is InChI=1S/C22H27FN2O4Si/c1-5-29-16-7-8-17-14(12-16)10-11-25(22(27)28)20(17)21(26)24-15-6-9-19(18(23)13-15)30(2,3)4/h6-9,12-13,20H,5,10-11H2,1-4H3,(H,24,26)(H,27,28)/t20-/m1/s1. The zero-order valence-corrected chi connectivity index (χ0v) is 18.7. The van der Waals surface area contributed by atoms with Gasteiger partial charge >= 0.3 is 6.09 Å². The Balaban J connectivity index is 1.91. The fourth-order valence-corrected chi connectivity index (χ4v) is 5.13. The molecule has 1 heterocycles. The summed E-state index contributed by atoms with van der Waals surface area (Å²) in [5.41, 5.74) is 1.80. The monoisotopic (exact) mass is 430 g/mol. The molecule has 0 aliphatic carbocycles. The van der Waals surface area contributed by atoms with Crippen molar-refractivity contribution in [3.8, 4) is 5.75 Å². The van der Waals surface area contributed by atoms with Gasteiger partial charge in [-0.15, -0.1) is 0 Å². The fourth-order valence-electron chi connectivity index (χ4n) is 3.76. The quantitative estimate of drug-likeness (QED) is 0.703. The number of amides is 2. The smallest absolute Gasteiger partial charge is 0.408 e. The predicted molar refractivity (Wildman–Crippen MR) is 117 cm³/mol. The van der Waals surface area contributed by atoms with Gasteiger partial charge < -0.3 is 15.2 Å². The van der Waals surface area contributed by atoms with E-state index in [0.717, 1.165) is 10.5 Å². The van der Waals surface area contributed by atoms with Crippen molar-refractivity contribution in [3.63, 3.8) is 0 Å². The highest BCUT2D eigenvalue weighted by Gasteiger charge is 2.36. The van der Waals surface area contributed by atoms with E-state index in [1.807, 2.05) is 32.6 Å². The maximum atomic E-state index is 14.6. The van der Waals surface area contributed by atoms with Crippen molar-refractivity contribution in [2.24, 2.45) is 0 Å². The van der Waals surface area contributed by atoms with Crippen molar-refractivity contribution in [2.75, 3.05) is 18.5 Å². The zero-order valence-electron chi connectivity index (χ0n) is 17.7. The fraction of sp³-hybridized carbons (Fsp3) is 0.364. The van der Waals surface area contributed by atoms with Crippen molar-refractivity contribution in [1.82, 2.24) is 4.90 Å². The highest BCUT2D eigenvalue weighted by molar-refractivity contribution is 6.88. The van der Waals surface area contributed by atoms with Gasteiger partial charge in [0.25, 0.3) is 5.91 Å². The molecule has 6 nitrogen and oxygen atoms in total. The molecule has 2 N–H and O–H groups in total. The van der Waals surface area contributed by atoms with Crippen molar-refractivity contribution >= 4 is 30.9 Å². The van der Waals surface area contributed by atoms with Crippen LogP contribution in [0.25, 0.3) is 0 Å². The van der Waals surface area contributed by atoms with Gasteiger partial charge in [0.05, 0.1) is 14.7 Å². The lowest BCUT2D eigenvalue weighted by atomic mass is 9.92. The van der Waals surface area contributed by atoms with Gasteiger partial charge in [0, 0.05) is 12.2 Å². The third-order valence-electron chi connectivity index (χ3n) is 5.19. The second-order valence-electron chi connectivity index (χ2n) is 8.36. The third-order valence-corrected chi connectivity index (χ3v) is 7.21. The van der Waals surface area contributed by atoms with Crippen LogP contribution >= 0.6 is 0 Å². The summed E-state index contributed by atoms with van der Waals surface area (Å²) in [6, 6.07) is 8.97. The molecule has 30 heavy (non-hydrogen) atoms. The van der Waals surface area contributed by atoms with Crippen LogP contribution in [0.3, 0.4) is 0 Å². The number of benzene rings is 2. The van der Waals surface area contributed by atoms with Gasteiger partial charge in [-0.25, -0.2) is 9.18 Å². The predicted octanol–water partition coefficient (Wildman–Crippen LogP) is 3.99. The Morgan fingerprint density at radius 3 is 2.57 bits per heavy atom. The molecule has 0 spiro atoms. The number of hydrogen-bond donors (Lipinski definition) is 2. The maximum Gasteiger partial charge on any atom is 0.408 e. The van der Waals surface area contributed by atoms with Crippen LogP contribution in [0.15, 0.2) is 36.4 Å². The summed E-state index contributed by atoms with van der Waals surface area (Å²) in [5, 5.41) is 13.0. The van der Waals surface area contributed by atoms with Gasteiger partial charge in [-0.05, 0) is 53.9 Å². The number of fused-ring (bicyclic) bond motifs is 1. The Bertz CT molecular complexity index is 974. The van der Waals surface area contributed by atoms with Gasteiger partial charge in [-0.3, -0.25) is 9.69 Å². The van der Waals surface area contributed by atoms with Crippen LogP contribution in [0.1, 0.15) is 24.1 Å². The van der Waals surface area contributed by atoms with Crippen LogP contribution in [0.5, 0.6) is 5.75 Å². The SMILES string of the molecule is CCOc1ccc2c(c1)CCN(C(=O)O)[C@H]2C(=O)Nc1ccc([Si](C)(C)C)c(F)c1. The topological polar surface area (TPSA) is 78.9 Å². The van der Waals surface area contributed by atoms with Crippen LogP contribution in [0.2, 0.25) is 19.6 Å². The number of nitrogens with one attached hydrogen (secondary N) is 1. The third kappa shape index (κ3) is 4.48. The first-order valence-electron chi connectivity index (χ1n) is 9.98.